The predicted molar refractivity (Wildman–Crippen MR) is 81.5 cm³/mol. The minimum absolute atomic E-state index is 0.103. The summed E-state index contributed by atoms with van der Waals surface area (Å²) >= 11 is 1.28. The highest BCUT2D eigenvalue weighted by molar-refractivity contribution is 7.93. The summed E-state index contributed by atoms with van der Waals surface area (Å²) < 4.78 is 26.8. The molecule has 1 heterocycles. The van der Waals surface area contributed by atoms with Crippen LogP contribution in [0.5, 0.6) is 0 Å². The van der Waals surface area contributed by atoms with Crippen LogP contribution in [0.3, 0.4) is 0 Å². The molecule has 20 heavy (non-hydrogen) atoms. The second-order valence-corrected chi connectivity index (χ2v) is 6.82. The number of aromatic nitrogens is 1. The molecule has 0 aliphatic heterocycles. The fourth-order valence-electron chi connectivity index (χ4n) is 1.72. The minimum Gasteiger partial charge on any atom is -0.309 e. The van der Waals surface area contributed by atoms with Crippen LogP contribution in [0.4, 0.5) is 5.13 Å². The van der Waals surface area contributed by atoms with Gasteiger partial charge in [-0.15, -0.1) is 11.3 Å². The lowest BCUT2D eigenvalue weighted by Gasteiger charge is -2.08. The molecule has 108 valence electrons. The summed E-state index contributed by atoms with van der Waals surface area (Å²) in [6, 6.07) is 8.37. The van der Waals surface area contributed by atoms with Crippen molar-refractivity contribution in [3.63, 3.8) is 0 Å². The minimum atomic E-state index is -3.56. The van der Waals surface area contributed by atoms with Crippen molar-refractivity contribution >= 4 is 26.5 Å². The van der Waals surface area contributed by atoms with Gasteiger partial charge in [0, 0.05) is 11.4 Å². The Morgan fingerprint density at radius 3 is 2.65 bits per heavy atom. The summed E-state index contributed by atoms with van der Waals surface area (Å²) in [6.45, 7) is 4.85. The molecule has 0 spiro atoms. The topological polar surface area (TPSA) is 71.1 Å². The average molecular weight is 311 g/mol. The summed E-state index contributed by atoms with van der Waals surface area (Å²) in [5.41, 5.74) is 0.836. The Morgan fingerprint density at radius 2 is 2.00 bits per heavy atom. The number of anilines is 1. The van der Waals surface area contributed by atoms with Crippen molar-refractivity contribution in [1.82, 2.24) is 10.3 Å². The highest BCUT2D eigenvalue weighted by Gasteiger charge is 2.16. The number of rotatable bonds is 6. The Kier molecular flexibility index (Phi) is 4.74. The molecule has 0 fully saturated rings. The average Bonchev–Trinajstić information content (AvgIpc) is 2.88. The van der Waals surface area contributed by atoms with Crippen molar-refractivity contribution in [2.45, 2.75) is 24.8 Å². The van der Waals surface area contributed by atoms with Crippen molar-refractivity contribution in [2.24, 2.45) is 0 Å². The number of nitrogens with one attached hydrogen (secondary N) is 2. The number of hydrogen-bond donors (Lipinski definition) is 2. The summed E-state index contributed by atoms with van der Waals surface area (Å²) in [5, 5.41) is 5.48. The van der Waals surface area contributed by atoms with Gasteiger partial charge in [-0.3, -0.25) is 4.72 Å². The van der Waals surface area contributed by atoms with E-state index in [2.05, 4.69) is 15.0 Å². The number of nitrogens with zero attached hydrogens (tertiary/aromatic N) is 1. The molecule has 0 aliphatic carbocycles. The molecule has 2 rings (SSSR count). The molecule has 0 aliphatic rings. The standard InChI is InChI=1S/C13H17N3O2S2/c1-3-14-10(2)12-9-19-13(15-12)16-20(17,18)11-7-5-4-6-8-11/h4-10,14H,3H2,1-2H3,(H,15,16). The largest absolute Gasteiger partial charge is 0.309 e. The van der Waals surface area contributed by atoms with E-state index in [0.717, 1.165) is 12.2 Å². The Morgan fingerprint density at radius 1 is 1.30 bits per heavy atom. The van der Waals surface area contributed by atoms with Gasteiger partial charge < -0.3 is 5.32 Å². The third-order valence-electron chi connectivity index (χ3n) is 2.75. The van der Waals surface area contributed by atoms with Gasteiger partial charge >= 0.3 is 0 Å². The lowest BCUT2D eigenvalue weighted by atomic mass is 10.3. The maximum absolute atomic E-state index is 12.1. The number of hydrogen-bond acceptors (Lipinski definition) is 5. The normalized spacial score (nSPS) is 13.1. The quantitative estimate of drug-likeness (QED) is 0.860. The van der Waals surface area contributed by atoms with Crippen molar-refractivity contribution in [1.29, 1.82) is 0 Å². The van der Waals surface area contributed by atoms with E-state index in [9.17, 15) is 8.42 Å². The monoisotopic (exact) mass is 311 g/mol. The second-order valence-electron chi connectivity index (χ2n) is 4.28. The summed E-state index contributed by atoms with van der Waals surface area (Å²) in [5.74, 6) is 0. The van der Waals surface area contributed by atoms with Gasteiger partial charge in [0.1, 0.15) is 0 Å². The number of thiazole rings is 1. The molecule has 5 nitrogen and oxygen atoms in total. The molecule has 0 saturated heterocycles. The SMILES string of the molecule is CCNC(C)c1csc(NS(=O)(=O)c2ccccc2)n1. The third-order valence-corrected chi connectivity index (χ3v) is 5.01. The van der Waals surface area contributed by atoms with E-state index in [1.54, 1.807) is 30.3 Å². The molecule has 0 radical (unpaired) electrons. The van der Waals surface area contributed by atoms with Gasteiger partial charge in [0.15, 0.2) is 5.13 Å². The third kappa shape index (κ3) is 3.56. The van der Waals surface area contributed by atoms with Crippen LogP contribution in [0.25, 0.3) is 0 Å². The van der Waals surface area contributed by atoms with Gasteiger partial charge in [0.05, 0.1) is 10.6 Å². The maximum Gasteiger partial charge on any atom is 0.263 e. The summed E-state index contributed by atoms with van der Waals surface area (Å²) in [6.07, 6.45) is 0. The molecule has 1 atom stereocenters. The van der Waals surface area contributed by atoms with Crippen LogP contribution in [-0.4, -0.2) is 19.9 Å². The second kappa shape index (κ2) is 6.34. The van der Waals surface area contributed by atoms with Crippen molar-refractivity contribution in [3.05, 3.63) is 41.4 Å². The highest BCUT2D eigenvalue weighted by atomic mass is 32.2. The number of benzene rings is 1. The Bertz CT molecular complexity index is 653. The predicted octanol–water partition coefficient (Wildman–Crippen LogP) is 2.61. The maximum atomic E-state index is 12.1. The fraction of sp³-hybridized carbons (Fsp3) is 0.308. The van der Waals surface area contributed by atoms with E-state index >= 15 is 0 Å². The van der Waals surface area contributed by atoms with E-state index in [0.29, 0.717) is 5.13 Å². The fourth-order valence-corrected chi connectivity index (χ4v) is 3.79. The van der Waals surface area contributed by atoms with Gasteiger partial charge in [-0.05, 0) is 25.6 Å². The van der Waals surface area contributed by atoms with E-state index in [4.69, 9.17) is 0 Å². The molecule has 0 amide bonds. The van der Waals surface area contributed by atoms with Gasteiger partial charge in [0.2, 0.25) is 0 Å². The van der Waals surface area contributed by atoms with Crippen LogP contribution in [0.2, 0.25) is 0 Å². The first-order valence-electron chi connectivity index (χ1n) is 6.29. The molecule has 1 unspecified atom stereocenters. The lowest BCUT2D eigenvalue weighted by molar-refractivity contribution is 0.586. The van der Waals surface area contributed by atoms with Crippen molar-refractivity contribution in [2.75, 3.05) is 11.3 Å². The molecule has 7 heteroatoms. The van der Waals surface area contributed by atoms with Crippen LogP contribution in [0.1, 0.15) is 25.6 Å². The van der Waals surface area contributed by atoms with Crippen LogP contribution in [0, 0.1) is 0 Å². The Balaban J connectivity index is 2.15. The van der Waals surface area contributed by atoms with Gasteiger partial charge in [-0.1, -0.05) is 25.1 Å². The van der Waals surface area contributed by atoms with Crippen LogP contribution in [0.15, 0.2) is 40.6 Å². The van der Waals surface area contributed by atoms with E-state index < -0.39 is 10.0 Å². The first-order chi connectivity index (χ1) is 9.53. The highest BCUT2D eigenvalue weighted by Crippen LogP contribution is 2.23. The molecule has 2 N–H and O–H groups in total. The van der Waals surface area contributed by atoms with Crippen LogP contribution in [-0.2, 0) is 10.0 Å². The number of sulfonamides is 1. The van der Waals surface area contributed by atoms with Gasteiger partial charge in [0.25, 0.3) is 10.0 Å². The van der Waals surface area contributed by atoms with Crippen LogP contribution >= 0.6 is 11.3 Å². The van der Waals surface area contributed by atoms with Crippen molar-refractivity contribution < 1.29 is 8.42 Å². The zero-order valence-corrected chi connectivity index (χ0v) is 13.0. The lowest BCUT2D eigenvalue weighted by Crippen LogP contribution is -2.18. The Hall–Kier alpha value is -1.44. The molecule has 0 bridgehead atoms. The van der Waals surface area contributed by atoms with Gasteiger partial charge in [-0.2, -0.15) is 0 Å². The smallest absolute Gasteiger partial charge is 0.263 e. The molecule has 1 aromatic heterocycles. The summed E-state index contributed by atoms with van der Waals surface area (Å²) in [4.78, 5) is 4.54. The molecule has 0 saturated carbocycles. The molecular weight excluding hydrogens is 294 g/mol. The van der Waals surface area contributed by atoms with Crippen molar-refractivity contribution in [3.8, 4) is 0 Å². The first kappa shape index (κ1) is 15.0. The molecule has 2 aromatic rings. The summed E-state index contributed by atoms with van der Waals surface area (Å²) in [7, 11) is -3.56. The van der Waals surface area contributed by atoms with E-state index in [-0.39, 0.29) is 10.9 Å². The Labute approximate surface area is 123 Å². The molecule has 1 aromatic carbocycles. The first-order valence-corrected chi connectivity index (χ1v) is 8.66. The van der Waals surface area contributed by atoms with Gasteiger partial charge in [-0.25, -0.2) is 13.4 Å². The van der Waals surface area contributed by atoms with E-state index in [1.165, 1.54) is 11.3 Å². The zero-order chi connectivity index (χ0) is 14.6. The van der Waals surface area contributed by atoms with Crippen LogP contribution < -0.4 is 10.0 Å². The zero-order valence-electron chi connectivity index (χ0n) is 11.3. The molecular formula is C13H17N3O2S2. The van der Waals surface area contributed by atoms with E-state index in [1.807, 2.05) is 19.2 Å².